The number of hydrogen-bond acceptors (Lipinski definition) is 5. The predicted octanol–water partition coefficient (Wildman–Crippen LogP) is 5.79. The maximum absolute atomic E-state index is 13.7. The topological polar surface area (TPSA) is 70.2 Å². The summed E-state index contributed by atoms with van der Waals surface area (Å²) in [4.78, 5) is 44.3. The van der Waals surface area contributed by atoms with Gasteiger partial charge in [-0.1, -0.05) is 41.1 Å². The van der Waals surface area contributed by atoms with E-state index < -0.39 is 35.4 Å². The molecule has 3 heterocycles. The van der Waals surface area contributed by atoms with E-state index in [-0.39, 0.29) is 39.5 Å². The maximum Gasteiger partial charge on any atom is 0.416 e. The zero-order valence-electron chi connectivity index (χ0n) is 18.9. The second kappa shape index (κ2) is 7.97. The molecule has 2 bridgehead atoms. The molecular formula is C26H18ClF3N2O3S2. The number of alkyl halides is 3. The first kappa shape index (κ1) is 23.5. The standard InChI is InChI=1S/C26H18ClF3N2O3S2/c27-12-6-4-10(5-7-12)16-17-14-9-15(20(17)36-22-21(16)37-25(35)31-22)19-18(14)23(33)32(24(19)34)13-3-1-2-11(8-13)26(28,29)30/h1-8,14-20H,9H2,(H,31,35)/t14-,15+,16+,17+,18-,19+,20-/m1/s1. The molecular weight excluding hydrogens is 545 g/mol. The number of imide groups is 1. The van der Waals surface area contributed by atoms with Gasteiger partial charge in [-0.15, -0.1) is 11.8 Å². The summed E-state index contributed by atoms with van der Waals surface area (Å²) in [6.07, 6.45) is -3.88. The lowest BCUT2D eigenvalue weighted by Gasteiger charge is -2.43. The van der Waals surface area contributed by atoms with Gasteiger partial charge in [-0.05, 0) is 60.1 Å². The van der Waals surface area contributed by atoms with Crippen molar-refractivity contribution in [3.05, 3.63) is 79.2 Å². The number of carbonyl (C=O) groups is 2. The number of aromatic nitrogens is 1. The second-order valence-electron chi connectivity index (χ2n) is 10.1. The van der Waals surface area contributed by atoms with Crippen molar-refractivity contribution in [1.29, 1.82) is 0 Å². The fourth-order valence-electron chi connectivity index (χ4n) is 7.14. The van der Waals surface area contributed by atoms with Gasteiger partial charge in [-0.3, -0.25) is 19.3 Å². The lowest BCUT2D eigenvalue weighted by Crippen LogP contribution is -2.42. The molecule has 37 heavy (non-hydrogen) atoms. The third-order valence-electron chi connectivity index (χ3n) is 8.38. The smallest absolute Gasteiger partial charge is 0.307 e. The number of H-pyrrole nitrogens is 1. The molecule has 2 aromatic carbocycles. The van der Waals surface area contributed by atoms with Gasteiger partial charge in [-0.2, -0.15) is 13.2 Å². The molecule has 0 unspecified atom stereocenters. The molecule has 11 heteroatoms. The SMILES string of the molecule is O=C1[C@@H]2[C@@H]3C[C@H]([C@H]4Sc5[nH]c(=O)sc5[C@@H](c5ccc(Cl)cc5)[C@H]34)[C@@H]2C(=O)N1c1cccc(C(F)(F)F)c1. The Labute approximate surface area is 222 Å². The minimum absolute atomic E-state index is 0.00267. The number of amides is 2. The van der Waals surface area contributed by atoms with Crippen LogP contribution < -0.4 is 9.77 Å². The number of nitrogens with one attached hydrogen (secondary N) is 1. The summed E-state index contributed by atoms with van der Waals surface area (Å²) in [5.74, 6) is -2.35. The molecule has 2 aliphatic heterocycles. The number of thioether (sulfide) groups is 1. The van der Waals surface area contributed by atoms with Crippen molar-refractivity contribution in [3.8, 4) is 0 Å². The lowest BCUT2D eigenvalue weighted by atomic mass is 9.68. The van der Waals surface area contributed by atoms with E-state index >= 15 is 0 Å². The fourth-order valence-corrected chi connectivity index (χ4v) is 10.2. The van der Waals surface area contributed by atoms with Crippen LogP contribution in [0.5, 0.6) is 0 Å². The van der Waals surface area contributed by atoms with E-state index in [2.05, 4.69) is 4.98 Å². The van der Waals surface area contributed by atoms with Gasteiger partial charge in [0, 0.05) is 21.1 Å². The number of aromatic amines is 1. The Kier molecular flexibility index (Phi) is 5.07. The Morgan fingerprint density at radius 3 is 2.38 bits per heavy atom. The number of fused-ring (bicyclic) bond motifs is 9. The van der Waals surface area contributed by atoms with E-state index in [9.17, 15) is 27.6 Å². The molecule has 1 N–H and O–H groups in total. The third kappa shape index (κ3) is 3.34. The molecule has 7 atom stereocenters. The van der Waals surface area contributed by atoms with Crippen LogP contribution in [0, 0.1) is 29.6 Å². The molecule has 0 radical (unpaired) electrons. The number of benzene rings is 2. The summed E-state index contributed by atoms with van der Waals surface area (Å²) in [6, 6.07) is 11.9. The summed E-state index contributed by atoms with van der Waals surface area (Å²) in [5.41, 5.74) is 0.0600. The van der Waals surface area contributed by atoms with Crippen LogP contribution in [0.1, 0.15) is 28.3 Å². The Bertz CT molecular complexity index is 1520. The monoisotopic (exact) mass is 562 g/mol. The van der Waals surface area contributed by atoms with Crippen LogP contribution in [0.2, 0.25) is 5.02 Å². The molecule has 5 nitrogen and oxygen atoms in total. The number of hydrogen-bond donors (Lipinski definition) is 1. The van der Waals surface area contributed by atoms with E-state index in [0.717, 1.165) is 32.5 Å². The van der Waals surface area contributed by atoms with Gasteiger partial charge in [0.15, 0.2) is 0 Å². The first-order valence-corrected chi connectivity index (χ1v) is 13.9. The summed E-state index contributed by atoms with van der Waals surface area (Å²) in [5, 5.41) is 1.39. The zero-order valence-corrected chi connectivity index (χ0v) is 21.3. The summed E-state index contributed by atoms with van der Waals surface area (Å²) >= 11 is 8.87. The maximum atomic E-state index is 13.7. The Hall–Kier alpha value is -2.56. The van der Waals surface area contributed by atoms with Crippen LogP contribution in [0.3, 0.4) is 0 Å². The number of nitrogens with zero attached hydrogens (tertiary/aromatic N) is 1. The lowest BCUT2D eigenvalue weighted by molar-refractivity contribution is -0.137. The Balaban J connectivity index is 1.30. The largest absolute Gasteiger partial charge is 0.416 e. The molecule has 3 aromatic rings. The normalized spacial score (nSPS) is 32.0. The highest BCUT2D eigenvalue weighted by Gasteiger charge is 2.69. The quantitative estimate of drug-likeness (QED) is 0.402. The van der Waals surface area contributed by atoms with Gasteiger partial charge in [-0.25, -0.2) is 0 Å². The van der Waals surface area contributed by atoms with Crippen LogP contribution in [-0.2, 0) is 15.8 Å². The molecule has 2 amide bonds. The number of anilines is 1. The highest BCUT2D eigenvalue weighted by atomic mass is 35.5. The second-order valence-corrected chi connectivity index (χ2v) is 12.7. The number of thiazole rings is 1. The van der Waals surface area contributed by atoms with Crippen molar-refractivity contribution in [3.63, 3.8) is 0 Å². The van der Waals surface area contributed by atoms with Crippen LogP contribution in [0.4, 0.5) is 18.9 Å². The van der Waals surface area contributed by atoms with Crippen molar-refractivity contribution in [2.75, 3.05) is 4.90 Å². The van der Waals surface area contributed by atoms with E-state index in [4.69, 9.17) is 11.6 Å². The van der Waals surface area contributed by atoms with E-state index in [1.807, 2.05) is 12.1 Å². The first-order chi connectivity index (χ1) is 17.6. The number of halogens is 4. The highest BCUT2D eigenvalue weighted by molar-refractivity contribution is 8.00. The van der Waals surface area contributed by atoms with E-state index in [1.54, 1.807) is 23.9 Å². The molecule has 190 valence electrons. The summed E-state index contributed by atoms with van der Waals surface area (Å²) in [7, 11) is 0. The molecule has 2 aliphatic carbocycles. The highest BCUT2D eigenvalue weighted by Crippen LogP contribution is 2.68. The minimum Gasteiger partial charge on any atom is -0.307 e. The first-order valence-electron chi connectivity index (χ1n) is 11.8. The zero-order chi connectivity index (χ0) is 25.8. The molecule has 1 aromatic heterocycles. The van der Waals surface area contributed by atoms with Gasteiger partial charge >= 0.3 is 11.0 Å². The minimum atomic E-state index is -4.58. The summed E-state index contributed by atoms with van der Waals surface area (Å²) < 4.78 is 40.0. The van der Waals surface area contributed by atoms with Crippen LogP contribution >= 0.6 is 34.7 Å². The van der Waals surface area contributed by atoms with Gasteiger partial charge < -0.3 is 4.98 Å². The summed E-state index contributed by atoms with van der Waals surface area (Å²) in [6.45, 7) is 0. The van der Waals surface area contributed by atoms with Gasteiger partial charge in [0.05, 0.1) is 28.1 Å². The van der Waals surface area contributed by atoms with Crippen LogP contribution in [0.25, 0.3) is 0 Å². The van der Waals surface area contributed by atoms with E-state index in [1.165, 1.54) is 23.5 Å². The fraction of sp³-hybridized carbons (Fsp3) is 0.346. The molecule has 2 saturated carbocycles. The molecule has 1 saturated heterocycles. The van der Waals surface area contributed by atoms with Crippen molar-refractivity contribution < 1.29 is 22.8 Å². The Morgan fingerprint density at radius 1 is 0.973 bits per heavy atom. The van der Waals surface area contributed by atoms with Crippen LogP contribution in [0.15, 0.2) is 58.4 Å². The molecule has 4 aliphatic rings. The average molecular weight is 563 g/mol. The Morgan fingerprint density at radius 2 is 1.68 bits per heavy atom. The predicted molar refractivity (Wildman–Crippen MR) is 134 cm³/mol. The van der Waals surface area contributed by atoms with Crippen molar-refractivity contribution >= 4 is 52.2 Å². The van der Waals surface area contributed by atoms with E-state index in [0.29, 0.717) is 11.4 Å². The molecule has 0 spiro atoms. The number of rotatable bonds is 2. The van der Waals surface area contributed by atoms with Gasteiger partial charge in [0.2, 0.25) is 11.8 Å². The van der Waals surface area contributed by atoms with Crippen molar-refractivity contribution in [1.82, 2.24) is 4.98 Å². The molecule has 3 fully saturated rings. The van der Waals surface area contributed by atoms with Crippen LogP contribution in [-0.4, -0.2) is 22.0 Å². The van der Waals surface area contributed by atoms with Crippen molar-refractivity contribution in [2.45, 2.75) is 28.8 Å². The van der Waals surface area contributed by atoms with Gasteiger partial charge in [0.1, 0.15) is 0 Å². The molecule has 7 rings (SSSR count). The number of carbonyl (C=O) groups excluding carboxylic acids is 2. The third-order valence-corrected chi connectivity index (χ3v) is 11.2. The van der Waals surface area contributed by atoms with Crippen molar-refractivity contribution in [2.24, 2.45) is 29.6 Å². The van der Waals surface area contributed by atoms with Gasteiger partial charge in [0.25, 0.3) is 0 Å². The average Bonchev–Trinajstić information content (AvgIpc) is 3.58.